The van der Waals surface area contributed by atoms with E-state index in [2.05, 4.69) is 25.0 Å². The Labute approximate surface area is 176 Å². The summed E-state index contributed by atoms with van der Waals surface area (Å²) in [6.07, 6.45) is 5.87. The number of fused-ring (bicyclic) bond motifs is 2. The maximum Gasteiger partial charge on any atom is 0.214 e. The van der Waals surface area contributed by atoms with Gasteiger partial charge < -0.3 is 9.88 Å². The number of rotatable bonds is 5. The normalized spacial score (nSPS) is 22.1. The number of sulfonamides is 1. The maximum atomic E-state index is 13.1. The molecule has 0 radical (unpaired) electrons. The molecule has 2 aliphatic rings. The summed E-state index contributed by atoms with van der Waals surface area (Å²) < 4.78 is 29.7. The van der Waals surface area contributed by atoms with Gasteiger partial charge in [0, 0.05) is 57.1 Å². The average Bonchev–Trinajstić information content (AvgIpc) is 3.28. The number of aromatic nitrogens is 5. The van der Waals surface area contributed by atoms with Gasteiger partial charge in [-0.1, -0.05) is 0 Å². The Bertz CT molecular complexity index is 1190. The lowest BCUT2D eigenvalue weighted by Crippen LogP contribution is -2.47. The number of aromatic amines is 1. The second-order valence-corrected chi connectivity index (χ2v) is 10.5. The molecule has 0 unspecified atom stereocenters. The van der Waals surface area contributed by atoms with Crippen molar-refractivity contribution in [1.82, 2.24) is 29.0 Å². The van der Waals surface area contributed by atoms with Gasteiger partial charge >= 0.3 is 0 Å². The van der Waals surface area contributed by atoms with E-state index < -0.39 is 10.0 Å². The summed E-state index contributed by atoms with van der Waals surface area (Å²) >= 11 is 0. The molecule has 0 saturated heterocycles. The van der Waals surface area contributed by atoms with Crippen LogP contribution < -0.4 is 4.90 Å². The number of nitrogens with zero attached hydrogens (tertiary/aromatic N) is 6. The Morgan fingerprint density at radius 3 is 2.90 bits per heavy atom. The molecule has 1 saturated carbocycles. The number of H-pyrrole nitrogens is 1. The van der Waals surface area contributed by atoms with Gasteiger partial charge in [0.25, 0.3) is 0 Å². The SMILES string of the molecule is Cc1nn(C)c2c1CN(S(=O)(=O)CC1CC(N(C)c3ncnc4[nH]ccc34)C1)CC2. The van der Waals surface area contributed by atoms with Crippen LogP contribution in [0.1, 0.15) is 29.8 Å². The van der Waals surface area contributed by atoms with Crippen LogP contribution >= 0.6 is 0 Å². The third kappa shape index (κ3) is 3.18. The second-order valence-electron chi connectivity index (χ2n) is 8.54. The highest BCUT2D eigenvalue weighted by Crippen LogP contribution is 2.36. The maximum absolute atomic E-state index is 13.1. The summed E-state index contributed by atoms with van der Waals surface area (Å²) in [6.45, 7) is 2.94. The largest absolute Gasteiger partial charge is 0.356 e. The molecule has 0 spiro atoms. The Morgan fingerprint density at radius 1 is 1.30 bits per heavy atom. The topological polar surface area (TPSA) is 100 Å². The molecule has 4 heterocycles. The molecule has 160 valence electrons. The molecule has 0 atom stereocenters. The number of hydrogen-bond acceptors (Lipinski definition) is 6. The fourth-order valence-electron chi connectivity index (χ4n) is 4.86. The van der Waals surface area contributed by atoms with Gasteiger partial charge in [-0.15, -0.1) is 0 Å². The van der Waals surface area contributed by atoms with Crippen molar-refractivity contribution in [2.75, 3.05) is 24.2 Å². The molecule has 0 aromatic carbocycles. The monoisotopic (exact) mass is 429 g/mol. The first-order valence-electron chi connectivity index (χ1n) is 10.3. The zero-order chi connectivity index (χ0) is 21.0. The highest BCUT2D eigenvalue weighted by molar-refractivity contribution is 7.89. The van der Waals surface area contributed by atoms with E-state index in [1.807, 2.05) is 38.0 Å². The number of hydrogen-bond donors (Lipinski definition) is 1. The zero-order valence-electron chi connectivity index (χ0n) is 17.5. The molecule has 30 heavy (non-hydrogen) atoms. The Kier molecular flexibility index (Phi) is 4.59. The summed E-state index contributed by atoms with van der Waals surface area (Å²) in [4.78, 5) is 14.0. The molecule has 1 aliphatic carbocycles. The summed E-state index contributed by atoms with van der Waals surface area (Å²) in [5.41, 5.74) is 3.97. The van der Waals surface area contributed by atoms with Crippen molar-refractivity contribution in [2.24, 2.45) is 13.0 Å². The number of nitrogens with one attached hydrogen (secondary N) is 1. The number of aryl methyl sites for hydroxylation is 2. The van der Waals surface area contributed by atoms with Crippen molar-refractivity contribution in [1.29, 1.82) is 0 Å². The molecule has 1 aliphatic heterocycles. The van der Waals surface area contributed by atoms with E-state index in [1.165, 1.54) is 0 Å². The van der Waals surface area contributed by atoms with Gasteiger partial charge in [-0.2, -0.15) is 9.40 Å². The lowest BCUT2D eigenvalue weighted by Gasteiger charge is -2.42. The molecule has 0 bridgehead atoms. The minimum Gasteiger partial charge on any atom is -0.356 e. The summed E-state index contributed by atoms with van der Waals surface area (Å²) in [5.74, 6) is 1.29. The van der Waals surface area contributed by atoms with E-state index in [4.69, 9.17) is 0 Å². The van der Waals surface area contributed by atoms with Gasteiger partial charge in [-0.25, -0.2) is 18.4 Å². The molecular weight excluding hydrogens is 402 g/mol. The highest BCUT2D eigenvalue weighted by atomic mass is 32.2. The van der Waals surface area contributed by atoms with Crippen LogP contribution in [0.25, 0.3) is 11.0 Å². The quantitative estimate of drug-likeness (QED) is 0.661. The lowest BCUT2D eigenvalue weighted by molar-refractivity contribution is 0.276. The van der Waals surface area contributed by atoms with Crippen molar-refractivity contribution in [3.05, 3.63) is 35.5 Å². The molecule has 9 nitrogen and oxygen atoms in total. The van der Waals surface area contributed by atoms with Gasteiger partial charge in [0.2, 0.25) is 10.0 Å². The van der Waals surface area contributed by atoms with Gasteiger partial charge in [0.1, 0.15) is 17.8 Å². The molecular formula is C20H27N7O2S. The van der Waals surface area contributed by atoms with E-state index in [0.29, 0.717) is 19.1 Å². The fourth-order valence-corrected chi connectivity index (χ4v) is 6.63. The zero-order valence-corrected chi connectivity index (χ0v) is 18.4. The van der Waals surface area contributed by atoms with Crippen LogP contribution in [-0.4, -0.2) is 62.8 Å². The third-order valence-corrected chi connectivity index (χ3v) is 8.66. The molecule has 3 aromatic rings. The molecule has 3 aromatic heterocycles. The molecule has 1 fully saturated rings. The standard InChI is InChI=1S/C20H27N7O2S/c1-13-17-10-27(7-5-18(17)26(3)24-13)30(28,29)11-14-8-15(9-14)25(2)20-16-4-6-21-19(16)22-12-23-20/h4,6,12,14-15H,5,7-11H2,1-3H3,(H,21,22,23). The first-order chi connectivity index (χ1) is 14.3. The second kappa shape index (κ2) is 7.05. The van der Waals surface area contributed by atoms with Crippen molar-refractivity contribution >= 4 is 26.9 Å². The molecule has 1 N–H and O–H groups in total. The van der Waals surface area contributed by atoms with E-state index in [9.17, 15) is 8.42 Å². The summed E-state index contributed by atoms with van der Waals surface area (Å²) in [7, 11) is 0.674. The fraction of sp³-hybridized carbons (Fsp3) is 0.550. The predicted molar refractivity (Wildman–Crippen MR) is 115 cm³/mol. The van der Waals surface area contributed by atoms with Crippen LogP contribution in [0.3, 0.4) is 0 Å². The van der Waals surface area contributed by atoms with Crippen LogP contribution in [0.2, 0.25) is 0 Å². The van der Waals surface area contributed by atoms with Gasteiger partial charge in [-0.3, -0.25) is 4.68 Å². The van der Waals surface area contributed by atoms with Crippen LogP contribution in [-0.2, 0) is 30.0 Å². The van der Waals surface area contributed by atoms with Crippen molar-refractivity contribution < 1.29 is 8.42 Å². The summed E-state index contributed by atoms with van der Waals surface area (Å²) in [5, 5.41) is 5.44. The van der Waals surface area contributed by atoms with Crippen LogP contribution in [0.15, 0.2) is 18.6 Å². The van der Waals surface area contributed by atoms with E-state index in [-0.39, 0.29) is 11.7 Å². The van der Waals surface area contributed by atoms with Crippen LogP contribution in [0, 0.1) is 12.8 Å². The van der Waals surface area contributed by atoms with E-state index >= 15 is 0 Å². The third-order valence-electron chi connectivity index (χ3n) is 6.67. The van der Waals surface area contributed by atoms with E-state index in [1.54, 1.807) is 10.6 Å². The van der Waals surface area contributed by atoms with Crippen LogP contribution in [0.5, 0.6) is 0 Å². The minimum absolute atomic E-state index is 0.183. The number of anilines is 1. The lowest BCUT2D eigenvalue weighted by atomic mass is 9.81. The molecule has 0 amide bonds. The van der Waals surface area contributed by atoms with Gasteiger partial charge in [-0.05, 0) is 31.7 Å². The minimum atomic E-state index is -3.29. The average molecular weight is 430 g/mol. The highest BCUT2D eigenvalue weighted by Gasteiger charge is 2.39. The Morgan fingerprint density at radius 2 is 2.10 bits per heavy atom. The van der Waals surface area contributed by atoms with Gasteiger partial charge in [0.05, 0.1) is 16.8 Å². The van der Waals surface area contributed by atoms with Crippen molar-refractivity contribution in [3.8, 4) is 0 Å². The summed E-state index contributed by atoms with van der Waals surface area (Å²) in [6, 6.07) is 2.28. The van der Waals surface area contributed by atoms with Crippen molar-refractivity contribution in [3.63, 3.8) is 0 Å². The Balaban J connectivity index is 1.23. The first kappa shape index (κ1) is 19.5. The van der Waals surface area contributed by atoms with Gasteiger partial charge in [0.15, 0.2) is 0 Å². The molecule has 5 rings (SSSR count). The van der Waals surface area contributed by atoms with Crippen molar-refractivity contribution in [2.45, 2.75) is 38.8 Å². The van der Waals surface area contributed by atoms with E-state index in [0.717, 1.165) is 53.1 Å². The Hall–Kier alpha value is -2.46. The molecule has 10 heteroatoms. The van der Waals surface area contributed by atoms with Crippen LogP contribution in [0.4, 0.5) is 5.82 Å². The smallest absolute Gasteiger partial charge is 0.214 e. The first-order valence-corrected chi connectivity index (χ1v) is 11.9. The predicted octanol–water partition coefficient (Wildman–Crippen LogP) is 1.60.